The second-order valence-corrected chi connectivity index (χ2v) is 2.04. The largest absolute Gasteiger partial charge is 0.282 e. The van der Waals surface area contributed by atoms with E-state index in [-0.39, 0.29) is 18.2 Å². The fraction of sp³-hybridized carbons (Fsp3) is 0.500. The van der Waals surface area contributed by atoms with Crippen molar-refractivity contribution < 1.29 is 9.59 Å². The number of hydrogen-bond donors (Lipinski definition) is 0. The maximum Gasteiger partial charge on any atom is 0.256 e. The lowest BCUT2D eigenvalue weighted by atomic mass is 10.3. The number of hydrogen-bond acceptors (Lipinski definition) is 2. The van der Waals surface area contributed by atoms with Crippen LogP contribution in [0.5, 0.6) is 0 Å². The van der Waals surface area contributed by atoms with E-state index in [0.29, 0.717) is 5.57 Å². The first-order chi connectivity index (χ1) is 5.13. The van der Waals surface area contributed by atoms with Crippen molar-refractivity contribution >= 4 is 11.8 Å². The Morgan fingerprint density at radius 3 is 1.91 bits per heavy atom. The summed E-state index contributed by atoms with van der Waals surface area (Å²) in [5.41, 5.74) is 0.391. The molecule has 1 rings (SSSR count). The van der Waals surface area contributed by atoms with Gasteiger partial charge in [0.15, 0.2) is 0 Å². The minimum absolute atomic E-state index is 0.162. The van der Waals surface area contributed by atoms with Crippen molar-refractivity contribution in [2.45, 2.75) is 20.3 Å². The Labute approximate surface area is 66.7 Å². The predicted molar refractivity (Wildman–Crippen MR) is 42.9 cm³/mol. The summed E-state index contributed by atoms with van der Waals surface area (Å²) in [5.74, 6) is -0.412. The molecule has 0 bridgehead atoms. The molecule has 0 N–H and O–H groups in total. The molecular formula is C8H13NO2. The highest BCUT2D eigenvalue weighted by atomic mass is 16.2. The summed E-state index contributed by atoms with van der Waals surface area (Å²) in [6, 6.07) is 0. The molecule has 1 heterocycles. The van der Waals surface area contributed by atoms with Crippen molar-refractivity contribution in [2.75, 3.05) is 7.05 Å². The number of imide groups is 1. The second-order valence-electron chi connectivity index (χ2n) is 2.04. The molecule has 2 amide bonds. The summed E-state index contributed by atoms with van der Waals surface area (Å²) in [4.78, 5) is 22.4. The van der Waals surface area contributed by atoms with Crippen LogP contribution in [0.4, 0.5) is 0 Å². The SMILES string of the molecule is C=C1CC(=O)N(C)C1=O.CC. The van der Waals surface area contributed by atoms with Crippen LogP contribution in [0.25, 0.3) is 0 Å². The van der Waals surface area contributed by atoms with Crippen molar-refractivity contribution in [3.8, 4) is 0 Å². The molecule has 1 aliphatic rings. The number of rotatable bonds is 0. The van der Waals surface area contributed by atoms with Gasteiger partial charge in [0.05, 0.1) is 6.42 Å². The molecular weight excluding hydrogens is 142 g/mol. The first-order valence-corrected chi connectivity index (χ1v) is 3.61. The molecule has 3 heteroatoms. The van der Waals surface area contributed by atoms with Crippen molar-refractivity contribution in [1.82, 2.24) is 4.90 Å². The van der Waals surface area contributed by atoms with E-state index in [1.54, 1.807) is 0 Å². The van der Waals surface area contributed by atoms with E-state index in [1.165, 1.54) is 7.05 Å². The van der Waals surface area contributed by atoms with E-state index in [9.17, 15) is 9.59 Å². The maximum absolute atomic E-state index is 10.7. The first kappa shape index (κ1) is 9.88. The van der Waals surface area contributed by atoms with Gasteiger partial charge in [-0.05, 0) is 0 Å². The van der Waals surface area contributed by atoms with Crippen LogP contribution in [-0.2, 0) is 9.59 Å². The van der Waals surface area contributed by atoms with Gasteiger partial charge in [0.25, 0.3) is 5.91 Å². The number of carbonyl (C=O) groups is 2. The zero-order valence-corrected chi connectivity index (χ0v) is 7.18. The lowest BCUT2D eigenvalue weighted by Gasteiger charge is -2.01. The number of likely N-dealkylation sites (tertiary alicyclic amines) is 1. The molecule has 0 spiro atoms. The van der Waals surface area contributed by atoms with Crippen LogP contribution < -0.4 is 0 Å². The van der Waals surface area contributed by atoms with Crippen LogP contribution in [0.2, 0.25) is 0 Å². The van der Waals surface area contributed by atoms with Crippen molar-refractivity contribution in [2.24, 2.45) is 0 Å². The summed E-state index contributed by atoms with van der Waals surface area (Å²) in [5, 5.41) is 0. The minimum atomic E-state index is -0.250. The standard InChI is InChI=1S/C6H7NO2.C2H6/c1-4-3-5(8)7(2)6(4)9;1-2/h1,3H2,2H3;1-2H3. The number of carbonyl (C=O) groups excluding carboxylic acids is 2. The van der Waals surface area contributed by atoms with Gasteiger partial charge in [-0.3, -0.25) is 14.5 Å². The van der Waals surface area contributed by atoms with Crippen LogP contribution in [0.1, 0.15) is 20.3 Å². The number of nitrogens with zero attached hydrogens (tertiary/aromatic N) is 1. The van der Waals surface area contributed by atoms with Crippen LogP contribution in [0, 0.1) is 0 Å². The minimum Gasteiger partial charge on any atom is -0.282 e. The predicted octanol–water partition coefficient (Wildman–Crippen LogP) is 0.958. The maximum atomic E-state index is 10.7. The van der Waals surface area contributed by atoms with Gasteiger partial charge >= 0.3 is 0 Å². The van der Waals surface area contributed by atoms with E-state index < -0.39 is 0 Å². The molecule has 0 unspecified atom stereocenters. The highest BCUT2D eigenvalue weighted by Gasteiger charge is 2.28. The van der Waals surface area contributed by atoms with Gasteiger partial charge in [0.2, 0.25) is 5.91 Å². The summed E-state index contributed by atoms with van der Waals surface area (Å²) in [7, 11) is 1.46. The Morgan fingerprint density at radius 2 is 1.82 bits per heavy atom. The Hall–Kier alpha value is -1.12. The van der Waals surface area contributed by atoms with E-state index in [2.05, 4.69) is 6.58 Å². The normalized spacial score (nSPS) is 16.6. The smallest absolute Gasteiger partial charge is 0.256 e. The van der Waals surface area contributed by atoms with Crippen molar-refractivity contribution in [1.29, 1.82) is 0 Å². The molecule has 1 aliphatic heterocycles. The third kappa shape index (κ3) is 1.90. The van der Waals surface area contributed by atoms with Crippen LogP contribution in [0.3, 0.4) is 0 Å². The fourth-order valence-corrected chi connectivity index (χ4v) is 0.727. The van der Waals surface area contributed by atoms with Gasteiger partial charge in [-0.1, -0.05) is 20.4 Å². The topological polar surface area (TPSA) is 37.4 Å². The monoisotopic (exact) mass is 155 g/mol. The molecule has 0 aromatic carbocycles. The molecule has 62 valence electrons. The summed E-state index contributed by atoms with van der Waals surface area (Å²) >= 11 is 0. The van der Waals surface area contributed by atoms with Crippen LogP contribution in [0.15, 0.2) is 12.2 Å². The lowest BCUT2D eigenvalue weighted by molar-refractivity contribution is -0.135. The molecule has 0 saturated carbocycles. The molecule has 3 nitrogen and oxygen atoms in total. The van der Waals surface area contributed by atoms with Gasteiger partial charge in [-0.15, -0.1) is 0 Å². The Bertz CT molecular complexity index is 196. The molecule has 11 heavy (non-hydrogen) atoms. The van der Waals surface area contributed by atoms with Gasteiger partial charge in [0.1, 0.15) is 0 Å². The average molecular weight is 155 g/mol. The molecule has 1 saturated heterocycles. The quantitative estimate of drug-likeness (QED) is 0.386. The lowest BCUT2D eigenvalue weighted by Crippen LogP contribution is -2.23. The fourth-order valence-electron chi connectivity index (χ4n) is 0.727. The van der Waals surface area contributed by atoms with E-state index >= 15 is 0 Å². The third-order valence-electron chi connectivity index (χ3n) is 1.35. The Morgan fingerprint density at radius 1 is 1.36 bits per heavy atom. The molecule has 0 aliphatic carbocycles. The average Bonchev–Trinajstić information content (AvgIpc) is 2.22. The van der Waals surface area contributed by atoms with Crippen molar-refractivity contribution in [3.05, 3.63) is 12.2 Å². The van der Waals surface area contributed by atoms with Gasteiger partial charge in [-0.2, -0.15) is 0 Å². The number of likely N-dealkylation sites (N-methyl/N-ethyl adjacent to an activating group) is 1. The molecule has 0 radical (unpaired) electrons. The molecule has 0 aromatic rings. The van der Waals surface area contributed by atoms with Gasteiger partial charge in [-0.25, -0.2) is 0 Å². The summed E-state index contributed by atoms with van der Waals surface area (Å²) in [6.45, 7) is 7.42. The summed E-state index contributed by atoms with van der Waals surface area (Å²) in [6.07, 6.45) is 0.190. The highest BCUT2D eigenvalue weighted by Crippen LogP contribution is 2.13. The molecule has 0 aromatic heterocycles. The molecule has 0 atom stereocenters. The Kier molecular flexibility index (Phi) is 3.51. The van der Waals surface area contributed by atoms with Crippen LogP contribution >= 0.6 is 0 Å². The zero-order valence-electron chi connectivity index (χ0n) is 7.18. The van der Waals surface area contributed by atoms with E-state index in [4.69, 9.17) is 0 Å². The zero-order chi connectivity index (χ0) is 9.02. The number of amides is 2. The second kappa shape index (κ2) is 3.91. The van der Waals surface area contributed by atoms with Gasteiger partial charge in [0, 0.05) is 12.6 Å². The Balaban J connectivity index is 0.000000461. The van der Waals surface area contributed by atoms with Crippen LogP contribution in [-0.4, -0.2) is 23.8 Å². The molecule has 1 fully saturated rings. The van der Waals surface area contributed by atoms with E-state index in [0.717, 1.165) is 4.90 Å². The first-order valence-electron chi connectivity index (χ1n) is 3.61. The van der Waals surface area contributed by atoms with Gasteiger partial charge < -0.3 is 0 Å². The third-order valence-corrected chi connectivity index (χ3v) is 1.35. The highest BCUT2D eigenvalue weighted by molar-refractivity contribution is 6.12. The van der Waals surface area contributed by atoms with Crippen molar-refractivity contribution in [3.63, 3.8) is 0 Å². The van der Waals surface area contributed by atoms with E-state index in [1.807, 2.05) is 13.8 Å². The summed E-state index contributed by atoms with van der Waals surface area (Å²) < 4.78 is 0.